The molecule has 3 rings (SSSR count). The van der Waals surface area contributed by atoms with Gasteiger partial charge in [0.25, 0.3) is 5.91 Å². The van der Waals surface area contributed by atoms with Gasteiger partial charge in [-0.3, -0.25) is 14.9 Å². The Bertz CT molecular complexity index is 726. The van der Waals surface area contributed by atoms with Crippen molar-refractivity contribution in [3.8, 4) is 0 Å². The molecule has 1 aliphatic carbocycles. The quantitative estimate of drug-likeness (QED) is 0.517. The van der Waals surface area contributed by atoms with E-state index < -0.39 is 4.92 Å². The Morgan fingerprint density at radius 2 is 2.24 bits per heavy atom. The number of nitrogens with one attached hydrogen (secondary N) is 1. The first-order valence-corrected chi connectivity index (χ1v) is 7.34. The second-order valence-corrected chi connectivity index (χ2v) is 5.84. The Labute approximate surface area is 124 Å². The lowest BCUT2D eigenvalue weighted by molar-refractivity contribution is -0.380. The molecule has 0 saturated heterocycles. The van der Waals surface area contributed by atoms with Crippen molar-refractivity contribution in [1.82, 2.24) is 5.32 Å². The molecule has 0 bridgehead atoms. The van der Waals surface area contributed by atoms with Gasteiger partial charge in [-0.15, -0.1) is 0 Å². The van der Waals surface area contributed by atoms with Crippen molar-refractivity contribution >= 4 is 27.9 Å². The van der Waals surface area contributed by atoms with Crippen molar-refractivity contribution in [3.63, 3.8) is 0 Å². The molecule has 3 N–H and O–H groups in total. The Hall–Kier alpha value is -2.41. The minimum absolute atomic E-state index is 0.0280. The lowest BCUT2D eigenvalue weighted by Gasteiger charge is -2.13. The standard InChI is InChI=1S/C14H13N3O3S/c15-10-2-3-11-8(5-10)1-4-12(11)16-14(18)9-6-13(17(19)20)21-7-9/h2-3,5-7,12H,1,4,15H2,(H,16,18). The number of anilines is 1. The summed E-state index contributed by atoms with van der Waals surface area (Å²) in [5, 5.41) is 15.1. The SMILES string of the molecule is Nc1ccc2c(c1)CCC2NC(=O)c1csc([N+](=O)[O-])c1. The molecular weight excluding hydrogens is 290 g/mol. The number of carbonyl (C=O) groups is 1. The highest BCUT2D eigenvalue weighted by Crippen LogP contribution is 2.33. The highest BCUT2D eigenvalue weighted by molar-refractivity contribution is 7.13. The molecule has 7 heteroatoms. The number of hydrogen-bond donors (Lipinski definition) is 2. The van der Waals surface area contributed by atoms with Gasteiger partial charge in [-0.05, 0) is 36.1 Å². The molecule has 1 unspecified atom stereocenters. The van der Waals surface area contributed by atoms with E-state index in [0.717, 1.165) is 35.3 Å². The van der Waals surface area contributed by atoms with E-state index in [9.17, 15) is 14.9 Å². The van der Waals surface area contributed by atoms with Crippen LogP contribution in [0.25, 0.3) is 0 Å². The van der Waals surface area contributed by atoms with Gasteiger partial charge in [0, 0.05) is 17.1 Å². The van der Waals surface area contributed by atoms with Crippen molar-refractivity contribution in [2.45, 2.75) is 18.9 Å². The van der Waals surface area contributed by atoms with Crippen LogP contribution in [0.15, 0.2) is 29.6 Å². The summed E-state index contributed by atoms with van der Waals surface area (Å²) >= 11 is 0.955. The zero-order valence-corrected chi connectivity index (χ0v) is 11.9. The average Bonchev–Trinajstić information content (AvgIpc) is 3.06. The first-order valence-electron chi connectivity index (χ1n) is 6.46. The lowest BCUT2D eigenvalue weighted by Crippen LogP contribution is -2.26. The Morgan fingerprint density at radius 1 is 1.43 bits per heavy atom. The third-order valence-corrected chi connectivity index (χ3v) is 4.46. The monoisotopic (exact) mass is 303 g/mol. The van der Waals surface area contributed by atoms with Crippen LogP contribution in [0.3, 0.4) is 0 Å². The maximum Gasteiger partial charge on any atom is 0.324 e. The van der Waals surface area contributed by atoms with Crippen LogP contribution in [0.4, 0.5) is 10.7 Å². The van der Waals surface area contributed by atoms with Crippen LogP contribution >= 0.6 is 11.3 Å². The van der Waals surface area contributed by atoms with Crippen LogP contribution in [0.2, 0.25) is 0 Å². The molecule has 1 heterocycles. The summed E-state index contributed by atoms with van der Waals surface area (Å²) in [5.74, 6) is -0.283. The van der Waals surface area contributed by atoms with E-state index in [0.29, 0.717) is 11.3 Å². The Balaban J connectivity index is 1.76. The summed E-state index contributed by atoms with van der Waals surface area (Å²) in [6.07, 6.45) is 1.69. The predicted molar refractivity (Wildman–Crippen MR) is 80.4 cm³/mol. The van der Waals surface area contributed by atoms with E-state index >= 15 is 0 Å². The number of nitrogen functional groups attached to an aromatic ring is 1. The van der Waals surface area contributed by atoms with Gasteiger partial charge >= 0.3 is 5.00 Å². The fourth-order valence-electron chi connectivity index (χ4n) is 2.57. The summed E-state index contributed by atoms with van der Waals surface area (Å²) < 4.78 is 0. The molecule has 0 aliphatic heterocycles. The largest absolute Gasteiger partial charge is 0.399 e. The van der Waals surface area contributed by atoms with Crippen LogP contribution < -0.4 is 11.1 Å². The molecule has 2 aromatic rings. The summed E-state index contributed by atoms with van der Waals surface area (Å²) in [7, 11) is 0. The smallest absolute Gasteiger partial charge is 0.324 e. The molecule has 1 atom stereocenters. The third kappa shape index (κ3) is 2.59. The molecule has 1 amide bonds. The van der Waals surface area contributed by atoms with E-state index in [-0.39, 0.29) is 17.0 Å². The zero-order chi connectivity index (χ0) is 15.0. The van der Waals surface area contributed by atoms with Gasteiger partial charge in [-0.1, -0.05) is 17.4 Å². The summed E-state index contributed by atoms with van der Waals surface area (Å²) in [6.45, 7) is 0. The molecule has 21 heavy (non-hydrogen) atoms. The number of rotatable bonds is 3. The van der Waals surface area contributed by atoms with E-state index in [2.05, 4.69) is 5.32 Å². The van der Waals surface area contributed by atoms with E-state index in [1.807, 2.05) is 18.2 Å². The minimum atomic E-state index is -0.491. The van der Waals surface area contributed by atoms with E-state index in [1.165, 1.54) is 11.4 Å². The van der Waals surface area contributed by atoms with Crippen LogP contribution in [-0.2, 0) is 6.42 Å². The van der Waals surface area contributed by atoms with Gasteiger partial charge < -0.3 is 11.1 Å². The predicted octanol–water partition coefficient (Wildman–Crippen LogP) is 2.66. The molecule has 0 fully saturated rings. The van der Waals surface area contributed by atoms with Crippen molar-refractivity contribution in [3.05, 3.63) is 56.5 Å². The maximum atomic E-state index is 12.2. The number of carbonyl (C=O) groups excluding carboxylic acids is 1. The minimum Gasteiger partial charge on any atom is -0.399 e. The van der Waals surface area contributed by atoms with Gasteiger partial charge in [0.15, 0.2) is 0 Å². The molecule has 1 aromatic carbocycles. The van der Waals surface area contributed by atoms with Crippen molar-refractivity contribution in [1.29, 1.82) is 0 Å². The van der Waals surface area contributed by atoms with Crippen LogP contribution in [0, 0.1) is 10.1 Å². The molecule has 0 radical (unpaired) electrons. The Morgan fingerprint density at radius 3 is 2.95 bits per heavy atom. The fourth-order valence-corrected chi connectivity index (χ4v) is 3.27. The van der Waals surface area contributed by atoms with Crippen LogP contribution in [0.1, 0.15) is 33.9 Å². The average molecular weight is 303 g/mol. The van der Waals surface area contributed by atoms with E-state index in [1.54, 1.807) is 0 Å². The summed E-state index contributed by atoms with van der Waals surface area (Å²) in [4.78, 5) is 22.3. The first-order chi connectivity index (χ1) is 10.0. The number of aryl methyl sites for hydroxylation is 1. The number of hydrogen-bond acceptors (Lipinski definition) is 5. The topological polar surface area (TPSA) is 98.3 Å². The third-order valence-electron chi connectivity index (χ3n) is 3.58. The number of nitrogens with zero attached hydrogens (tertiary/aromatic N) is 1. The second kappa shape index (κ2) is 5.17. The number of amides is 1. The number of nitro groups is 1. The van der Waals surface area contributed by atoms with Crippen molar-refractivity contribution in [2.24, 2.45) is 0 Å². The molecule has 1 aromatic heterocycles. The number of nitrogens with two attached hydrogens (primary N) is 1. The maximum absolute atomic E-state index is 12.2. The van der Waals surface area contributed by atoms with Gasteiger partial charge in [0.1, 0.15) is 0 Å². The molecular formula is C14H13N3O3S. The number of benzene rings is 1. The molecule has 108 valence electrons. The Kier molecular flexibility index (Phi) is 3.34. The van der Waals surface area contributed by atoms with Gasteiger partial charge in [-0.25, -0.2) is 0 Å². The number of thiophene rings is 1. The van der Waals surface area contributed by atoms with Crippen molar-refractivity contribution in [2.75, 3.05) is 5.73 Å². The van der Waals surface area contributed by atoms with Gasteiger partial charge in [0.05, 0.1) is 16.5 Å². The first kappa shape index (κ1) is 13.6. The highest BCUT2D eigenvalue weighted by atomic mass is 32.1. The molecule has 1 aliphatic rings. The fraction of sp³-hybridized carbons (Fsp3) is 0.214. The van der Waals surface area contributed by atoms with Crippen molar-refractivity contribution < 1.29 is 9.72 Å². The number of fused-ring (bicyclic) bond motifs is 1. The normalized spacial score (nSPS) is 16.5. The second-order valence-electron chi connectivity index (χ2n) is 4.95. The van der Waals surface area contributed by atoms with Crippen LogP contribution in [-0.4, -0.2) is 10.8 Å². The lowest BCUT2D eigenvalue weighted by atomic mass is 10.1. The van der Waals surface area contributed by atoms with E-state index in [4.69, 9.17) is 5.73 Å². The summed E-state index contributed by atoms with van der Waals surface area (Å²) in [5.41, 5.74) is 9.02. The highest BCUT2D eigenvalue weighted by Gasteiger charge is 2.25. The van der Waals surface area contributed by atoms with Gasteiger partial charge in [0.2, 0.25) is 0 Å². The zero-order valence-electron chi connectivity index (χ0n) is 11.0. The van der Waals surface area contributed by atoms with Gasteiger partial charge in [-0.2, -0.15) is 0 Å². The summed E-state index contributed by atoms with van der Waals surface area (Å²) in [6, 6.07) is 6.92. The molecule has 0 saturated carbocycles. The molecule has 6 nitrogen and oxygen atoms in total. The van der Waals surface area contributed by atoms with Crippen LogP contribution in [0.5, 0.6) is 0 Å². The molecule has 0 spiro atoms.